The van der Waals surface area contributed by atoms with E-state index in [2.05, 4.69) is 34.8 Å². The lowest BCUT2D eigenvalue weighted by atomic mass is 10.2. The lowest BCUT2D eigenvalue weighted by Crippen LogP contribution is -2.14. The Morgan fingerprint density at radius 1 is 1.07 bits per heavy atom. The Bertz CT molecular complexity index is 1840. The van der Waals surface area contributed by atoms with Crippen LogP contribution in [0.1, 0.15) is 6.92 Å². The van der Waals surface area contributed by atoms with Crippen LogP contribution in [-0.4, -0.2) is 45.5 Å². The molecule has 0 saturated carbocycles. The number of carbonyl (C=O) groups is 1. The van der Waals surface area contributed by atoms with Crippen LogP contribution in [0.25, 0.3) is 28.2 Å². The van der Waals surface area contributed by atoms with Crippen LogP contribution >= 0.6 is 11.6 Å². The van der Waals surface area contributed by atoms with Crippen LogP contribution in [-0.2, 0) is 14.8 Å². The van der Waals surface area contributed by atoms with Gasteiger partial charge in [-0.05, 0) is 42.5 Å². The predicted octanol–water partition coefficient (Wildman–Crippen LogP) is 4.87. The molecule has 5 rings (SSSR count). The summed E-state index contributed by atoms with van der Waals surface area (Å²) in [6.07, 6.45) is 4.61. The Balaban J connectivity index is 1.54. The summed E-state index contributed by atoms with van der Waals surface area (Å²) < 4.78 is 59.3. The summed E-state index contributed by atoms with van der Waals surface area (Å²) in [5, 5.41) is 7.19. The van der Waals surface area contributed by atoms with E-state index < -0.39 is 16.6 Å². The number of rotatable bonds is 8. The molecule has 4 aromatic heterocycles. The van der Waals surface area contributed by atoms with Crippen molar-refractivity contribution in [3.05, 3.63) is 78.3 Å². The van der Waals surface area contributed by atoms with Gasteiger partial charge in [-0.15, -0.1) is 0 Å². The number of alkyl halides is 2. The first-order chi connectivity index (χ1) is 19.1. The number of nitrogens with one attached hydrogen (secondary N) is 2. The summed E-state index contributed by atoms with van der Waals surface area (Å²) >= 11 is 6.18. The molecule has 1 aromatic carbocycles. The summed E-state index contributed by atoms with van der Waals surface area (Å²) in [7, 11) is -4.26. The number of anilines is 2. The number of pyridine rings is 2. The largest absolute Gasteiger partial charge is 0.435 e. The molecule has 0 saturated heterocycles. The van der Waals surface area contributed by atoms with E-state index in [0.29, 0.717) is 28.2 Å². The highest BCUT2D eigenvalue weighted by atomic mass is 35.5. The number of hydrogen-bond donors (Lipinski definition) is 2. The minimum atomic E-state index is -4.26. The number of amides is 1. The molecule has 0 aliphatic heterocycles. The average Bonchev–Trinajstić information content (AvgIpc) is 3.26. The first-order valence-corrected chi connectivity index (χ1v) is 13.3. The van der Waals surface area contributed by atoms with Crippen LogP contribution in [0.5, 0.6) is 5.75 Å². The minimum absolute atomic E-state index is 0.0710. The molecule has 0 atom stereocenters. The summed E-state index contributed by atoms with van der Waals surface area (Å²) in [5.41, 5.74) is 2.25. The molecule has 4 heterocycles. The van der Waals surface area contributed by atoms with Gasteiger partial charge < -0.3 is 10.1 Å². The van der Waals surface area contributed by atoms with Crippen molar-refractivity contribution in [1.82, 2.24) is 24.6 Å². The Labute approximate surface area is 230 Å². The van der Waals surface area contributed by atoms with Crippen molar-refractivity contribution in [2.24, 2.45) is 0 Å². The number of benzene rings is 1. The van der Waals surface area contributed by atoms with Crippen molar-refractivity contribution in [1.29, 1.82) is 0 Å². The fraction of sp³-hybridized carbons (Fsp3) is 0.0800. The van der Waals surface area contributed by atoms with Gasteiger partial charge in [-0.1, -0.05) is 17.7 Å². The molecule has 11 nitrogen and oxygen atoms in total. The third kappa shape index (κ3) is 5.67. The average molecular weight is 586 g/mol. The van der Waals surface area contributed by atoms with Gasteiger partial charge in [-0.25, -0.2) is 22.9 Å². The number of sulfonamides is 1. The fourth-order valence-corrected chi connectivity index (χ4v) is 5.08. The van der Waals surface area contributed by atoms with E-state index in [-0.39, 0.29) is 33.2 Å². The van der Waals surface area contributed by atoms with Gasteiger partial charge in [0.25, 0.3) is 10.0 Å². The van der Waals surface area contributed by atoms with Crippen molar-refractivity contribution in [2.75, 3.05) is 10.0 Å². The molecule has 0 radical (unpaired) electrons. The maximum Gasteiger partial charge on any atom is 0.387 e. The molecule has 0 bridgehead atoms. The molecule has 0 unspecified atom stereocenters. The summed E-state index contributed by atoms with van der Waals surface area (Å²) in [4.78, 5) is 24.1. The number of halogens is 3. The van der Waals surface area contributed by atoms with Gasteiger partial charge in [-0.2, -0.15) is 13.9 Å². The van der Waals surface area contributed by atoms with Gasteiger partial charge in [-0.3, -0.25) is 14.5 Å². The first kappa shape index (κ1) is 26.9. The molecule has 5 aromatic rings. The summed E-state index contributed by atoms with van der Waals surface area (Å²) in [5.74, 6) is -0.360. The number of nitrogens with zero attached hydrogens (tertiary/aromatic N) is 5. The predicted molar refractivity (Wildman–Crippen MR) is 143 cm³/mol. The zero-order valence-corrected chi connectivity index (χ0v) is 22.0. The molecule has 40 heavy (non-hydrogen) atoms. The lowest BCUT2D eigenvalue weighted by Gasteiger charge is -2.12. The summed E-state index contributed by atoms with van der Waals surface area (Å²) in [6, 6.07) is 12.9. The Hall–Kier alpha value is -4.69. The van der Waals surface area contributed by atoms with E-state index in [1.807, 2.05) is 0 Å². The number of ether oxygens (including phenoxy) is 1. The molecule has 0 aliphatic carbocycles. The van der Waals surface area contributed by atoms with Gasteiger partial charge in [0.15, 0.2) is 16.6 Å². The Morgan fingerprint density at radius 3 is 2.62 bits per heavy atom. The second-order valence-corrected chi connectivity index (χ2v) is 10.3. The maximum absolute atomic E-state index is 13.0. The number of fused-ring (bicyclic) bond motifs is 1. The maximum atomic E-state index is 13.0. The van der Waals surface area contributed by atoms with E-state index >= 15 is 0 Å². The molecule has 0 spiro atoms. The highest BCUT2D eigenvalue weighted by molar-refractivity contribution is 7.92. The van der Waals surface area contributed by atoms with Crippen LogP contribution in [0.15, 0.2) is 78.1 Å². The first-order valence-electron chi connectivity index (χ1n) is 11.4. The number of hydrogen-bond acceptors (Lipinski definition) is 8. The van der Waals surface area contributed by atoms with Gasteiger partial charge in [0.2, 0.25) is 5.91 Å². The molecule has 0 aliphatic rings. The lowest BCUT2D eigenvalue weighted by molar-refractivity contribution is -0.114. The smallest absolute Gasteiger partial charge is 0.387 e. The van der Waals surface area contributed by atoms with Crippen LogP contribution in [0.4, 0.5) is 20.3 Å². The van der Waals surface area contributed by atoms with E-state index in [1.165, 1.54) is 41.9 Å². The highest BCUT2D eigenvalue weighted by Crippen LogP contribution is 2.32. The van der Waals surface area contributed by atoms with Crippen molar-refractivity contribution in [3.63, 3.8) is 0 Å². The minimum Gasteiger partial charge on any atom is -0.435 e. The van der Waals surface area contributed by atoms with E-state index in [0.717, 1.165) is 6.07 Å². The molecule has 15 heteroatoms. The monoisotopic (exact) mass is 585 g/mol. The molecule has 0 fully saturated rings. The molecule has 204 valence electrons. The second-order valence-electron chi connectivity index (χ2n) is 8.24. The second kappa shape index (κ2) is 10.8. The highest BCUT2D eigenvalue weighted by Gasteiger charge is 2.20. The SMILES string of the molecule is CC(=O)Nc1nc2ccc(-c3cnc(Cl)c(NS(=O)(=O)c4cccc(OC(F)F)c4)c3)nn2c1-c1cccnc1. The van der Waals surface area contributed by atoms with Crippen LogP contribution in [0, 0.1) is 0 Å². The Kier molecular flexibility index (Phi) is 7.28. The van der Waals surface area contributed by atoms with Crippen LogP contribution in [0.3, 0.4) is 0 Å². The quantitative estimate of drug-likeness (QED) is 0.246. The third-order valence-electron chi connectivity index (χ3n) is 5.43. The summed E-state index contributed by atoms with van der Waals surface area (Å²) in [6.45, 7) is -1.76. The third-order valence-corrected chi connectivity index (χ3v) is 7.09. The number of imidazole rings is 1. The fourth-order valence-electron chi connectivity index (χ4n) is 3.78. The van der Waals surface area contributed by atoms with Crippen molar-refractivity contribution >= 4 is 44.7 Å². The van der Waals surface area contributed by atoms with E-state index in [1.54, 1.807) is 36.7 Å². The molecule has 2 N–H and O–H groups in total. The van der Waals surface area contributed by atoms with Crippen LogP contribution < -0.4 is 14.8 Å². The normalized spacial score (nSPS) is 11.5. The van der Waals surface area contributed by atoms with Crippen LogP contribution in [0.2, 0.25) is 5.15 Å². The van der Waals surface area contributed by atoms with Gasteiger partial charge in [0.1, 0.15) is 11.4 Å². The van der Waals surface area contributed by atoms with Crippen molar-refractivity contribution < 1.29 is 26.7 Å². The van der Waals surface area contributed by atoms with Crippen molar-refractivity contribution in [3.8, 4) is 28.3 Å². The van der Waals surface area contributed by atoms with Crippen molar-refractivity contribution in [2.45, 2.75) is 18.4 Å². The Morgan fingerprint density at radius 2 is 1.90 bits per heavy atom. The zero-order valence-electron chi connectivity index (χ0n) is 20.4. The molecular weight excluding hydrogens is 568 g/mol. The van der Waals surface area contributed by atoms with E-state index in [9.17, 15) is 22.0 Å². The standard InChI is InChI=1S/C25H18ClF2N7O4S/c1-14(36)31-24-22(15-4-3-9-29-12-15)35-21(32-24)8-7-19(33-35)16-10-20(23(26)30-13-16)34-40(37,38)18-6-2-5-17(11-18)39-25(27)28/h2-13,25,34H,1H3,(H,31,36). The van der Waals surface area contributed by atoms with Gasteiger partial charge in [0, 0.05) is 42.7 Å². The topological polar surface area (TPSA) is 140 Å². The number of aromatic nitrogens is 5. The molecule has 1 amide bonds. The van der Waals surface area contributed by atoms with E-state index in [4.69, 9.17) is 11.6 Å². The molecular formula is C25H18ClF2N7O4S. The number of carbonyl (C=O) groups excluding carboxylic acids is 1. The zero-order chi connectivity index (χ0) is 28.4. The van der Waals surface area contributed by atoms with Gasteiger partial charge in [0.05, 0.1) is 16.3 Å². The van der Waals surface area contributed by atoms with Gasteiger partial charge >= 0.3 is 6.61 Å².